The molecule has 0 aliphatic heterocycles. The second kappa shape index (κ2) is 4.04. The molecule has 5 heteroatoms. The zero-order valence-electron chi connectivity index (χ0n) is 9.31. The number of pyridine rings is 1. The Kier molecular flexibility index (Phi) is 2.52. The van der Waals surface area contributed by atoms with E-state index in [0.717, 1.165) is 23.7 Å². The number of halogens is 1. The molecule has 4 nitrogen and oxygen atoms in total. The largest absolute Gasteiger partial charge is 0.397 e. The molecule has 0 spiro atoms. The van der Waals surface area contributed by atoms with E-state index in [2.05, 4.69) is 10.1 Å². The lowest BCUT2D eigenvalue weighted by Gasteiger charge is -2.01. The zero-order valence-corrected chi connectivity index (χ0v) is 10.1. The van der Waals surface area contributed by atoms with Crippen molar-refractivity contribution in [2.24, 2.45) is 5.92 Å². The van der Waals surface area contributed by atoms with Crippen molar-refractivity contribution in [3.05, 3.63) is 29.7 Å². The van der Waals surface area contributed by atoms with E-state index in [1.54, 1.807) is 18.5 Å². The van der Waals surface area contributed by atoms with Crippen LogP contribution in [0.25, 0.3) is 11.3 Å². The lowest BCUT2D eigenvalue weighted by Crippen LogP contribution is -1.99. The maximum absolute atomic E-state index is 6.11. The van der Waals surface area contributed by atoms with Crippen molar-refractivity contribution in [2.45, 2.75) is 19.4 Å². The van der Waals surface area contributed by atoms with Crippen LogP contribution in [0.4, 0.5) is 5.69 Å². The van der Waals surface area contributed by atoms with Gasteiger partial charge < -0.3 is 5.73 Å². The number of rotatable bonds is 3. The van der Waals surface area contributed by atoms with Crippen molar-refractivity contribution >= 4 is 17.3 Å². The summed E-state index contributed by atoms with van der Waals surface area (Å²) in [5.74, 6) is 0.803. The molecule has 88 valence electrons. The summed E-state index contributed by atoms with van der Waals surface area (Å²) in [6.45, 7) is 0.993. The fourth-order valence-electron chi connectivity index (χ4n) is 1.82. The summed E-state index contributed by atoms with van der Waals surface area (Å²) in [4.78, 5) is 4.25. The Morgan fingerprint density at radius 1 is 1.41 bits per heavy atom. The van der Waals surface area contributed by atoms with Gasteiger partial charge in [0, 0.05) is 18.3 Å². The molecule has 2 aromatic rings. The first-order chi connectivity index (χ1) is 8.22. The molecule has 0 unspecified atom stereocenters. The number of nitrogen functional groups attached to an aromatic ring is 1. The second-order valence-corrected chi connectivity index (χ2v) is 4.90. The van der Waals surface area contributed by atoms with E-state index in [-0.39, 0.29) is 0 Å². The summed E-state index contributed by atoms with van der Waals surface area (Å²) in [7, 11) is 0. The molecule has 2 N–H and O–H groups in total. The van der Waals surface area contributed by atoms with Crippen molar-refractivity contribution in [1.82, 2.24) is 14.8 Å². The first kappa shape index (κ1) is 10.6. The molecule has 0 bridgehead atoms. The molecule has 3 rings (SSSR count). The van der Waals surface area contributed by atoms with Gasteiger partial charge in [-0.2, -0.15) is 5.10 Å². The smallest absolute Gasteiger partial charge is 0.0921 e. The highest BCUT2D eigenvalue weighted by Gasteiger charge is 2.22. The van der Waals surface area contributed by atoms with Crippen LogP contribution in [0.2, 0.25) is 5.02 Å². The van der Waals surface area contributed by atoms with Gasteiger partial charge in [-0.25, -0.2) is 0 Å². The minimum absolute atomic E-state index is 0.566. The Bertz CT molecular complexity index is 545. The van der Waals surface area contributed by atoms with Gasteiger partial charge in [0.1, 0.15) is 0 Å². The van der Waals surface area contributed by atoms with Crippen LogP contribution in [-0.4, -0.2) is 14.8 Å². The molecule has 1 aliphatic carbocycles. The van der Waals surface area contributed by atoms with Crippen LogP contribution in [0.5, 0.6) is 0 Å². The number of aromatic nitrogens is 3. The Balaban J connectivity index is 1.89. The summed E-state index contributed by atoms with van der Waals surface area (Å²) in [6.07, 6.45) is 8.03. The van der Waals surface area contributed by atoms with Crippen LogP contribution in [-0.2, 0) is 6.54 Å². The van der Waals surface area contributed by atoms with Crippen LogP contribution in [0, 0.1) is 5.92 Å². The number of anilines is 1. The molecule has 2 aromatic heterocycles. The van der Waals surface area contributed by atoms with Gasteiger partial charge in [0.25, 0.3) is 0 Å². The monoisotopic (exact) mass is 248 g/mol. The highest BCUT2D eigenvalue weighted by atomic mass is 35.5. The number of hydrogen-bond donors (Lipinski definition) is 1. The average molecular weight is 249 g/mol. The highest BCUT2D eigenvalue weighted by Crippen LogP contribution is 2.31. The third-order valence-corrected chi connectivity index (χ3v) is 3.20. The predicted octanol–water partition coefficient (Wildman–Crippen LogP) is 2.59. The molecule has 0 radical (unpaired) electrons. The van der Waals surface area contributed by atoms with Gasteiger partial charge in [0.2, 0.25) is 0 Å². The maximum atomic E-state index is 6.11. The minimum atomic E-state index is 0.566. The Labute approximate surface area is 104 Å². The molecule has 1 fully saturated rings. The van der Waals surface area contributed by atoms with E-state index in [4.69, 9.17) is 17.3 Å². The van der Waals surface area contributed by atoms with Crippen molar-refractivity contribution in [3.63, 3.8) is 0 Å². The second-order valence-electron chi connectivity index (χ2n) is 4.49. The van der Waals surface area contributed by atoms with Gasteiger partial charge in [-0.3, -0.25) is 9.67 Å². The molecule has 0 saturated heterocycles. The van der Waals surface area contributed by atoms with E-state index in [1.807, 2.05) is 10.9 Å². The van der Waals surface area contributed by atoms with Crippen LogP contribution >= 0.6 is 11.6 Å². The molecule has 0 aromatic carbocycles. The molecular weight excluding hydrogens is 236 g/mol. The fraction of sp³-hybridized carbons (Fsp3) is 0.333. The van der Waals surface area contributed by atoms with Crippen molar-refractivity contribution < 1.29 is 0 Å². The molecule has 17 heavy (non-hydrogen) atoms. The SMILES string of the molecule is Nc1cnc(-c2cnn(CC3CC3)c2)c(Cl)c1. The van der Waals surface area contributed by atoms with E-state index in [9.17, 15) is 0 Å². The van der Waals surface area contributed by atoms with Crippen molar-refractivity contribution in [3.8, 4) is 11.3 Å². The van der Waals surface area contributed by atoms with E-state index < -0.39 is 0 Å². The van der Waals surface area contributed by atoms with Crippen LogP contribution in [0.15, 0.2) is 24.7 Å². The van der Waals surface area contributed by atoms with Gasteiger partial charge in [0.05, 0.1) is 28.8 Å². The van der Waals surface area contributed by atoms with E-state index in [0.29, 0.717) is 10.7 Å². The summed E-state index contributed by atoms with van der Waals surface area (Å²) >= 11 is 6.11. The third kappa shape index (κ3) is 2.26. The van der Waals surface area contributed by atoms with Gasteiger partial charge in [-0.1, -0.05) is 11.6 Å². The Hall–Kier alpha value is -1.55. The normalized spacial score (nSPS) is 15.1. The number of nitrogens with zero attached hydrogens (tertiary/aromatic N) is 3. The topological polar surface area (TPSA) is 56.7 Å². The summed E-state index contributed by atoms with van der Waals surface area (Å²) in [5, 5.41) is 4.89. The van der Waals surface area contributed by atoms with Crippen LogP contribution < -0.4 is 5.73 Å². The third-order valence-electron chi connectivity index (χ3n) is 2.91. The maximum Gasteiger partial charge on any atom is 0.0921 e. The van der Waals surface area contributed by atoms with Gasteiger partial charge >= 0.3 is 0 Å². The van der Waals surface area contributed by atoms with Crippen LogP contribution in [0.1, 0.15) is 12.8 Å². The first-order valence-electron chi connectivity index (χ1n) is 5.66. The summed E-state index contributed by atoms with van der Waals surface area (Å²) in [6, 6.07) is 1.71. The van der Waals surface area contributed by atoms with E-state index >= 15 is 0 Å². The first-order valence-corrected chi connectivity index (χ1v) is 6.04. The molecule has 0 amide bonds. The molecule has 1 saturated carbocycles. The molecule has 1 aliphatic rings. The molecule has 0 atom stereocenters. The van der Waals surface area contributed by atoms with Gasteiger partial charge in [-0.15, -0.1) is 0 Å². The Morgan fingerprint density at radius 2 is 2.24 bits per heavy atom. The fourth-order valence-corrected chi connectivity index (χ4v) is 2.10. The lowest BCUT2D eigenvalue weighted by molar-refractivity contribution is 0.563. The highest BCUT2D eigenvalue weighted by molar-refractivity contribution is 6.33. The van der Waals surface area contributed by atoms with Gasteiger partial charge in [0.15, 0.2) is 0 Å². The van der Waals surface area contributed by atoms with E-state index in [1.165, 1.54) is 12.8 Å². The summed E-state index contributed by atoms with van der Waals surface area (Å²) in [5.41, 5.74) is 7.87. The lowest BCUT2D eigenvalue weighted by atomic mass is 10.2. The quantitative estimate of drug-likeness (QED) is 0.908. The Morgan fingerprint density at radius 3 is 2.94 bits per heavy atom. The molecule has 2 heterocycles. The zero-order chi connectivity index (χ0) is 11.8. The standard InChI is InChI=1S/C12H13ClN4/c13-11-3-10(14)5-15-12(11)9-4-16-17(7-9)6-8-1-2-8/h3-5,7-8H,1-2,6,14H2. The van der Waals surface area contributed by atoms with Gasteiger partial charge in [-0.05, 0) is 24.8 Å². The average Bonchev–Trinajstić information content (AvgIpc) is 2.96. The minimum Gasteiger partial charge on any atom is -0.397 e. The summed E-state index contributed by atoms with van der Waals surface area (Å²) < 4.78 is 1.96. The van der Waals surface area contributed by atoms with Crippen LogP contribution in [0.3, 0.4) is 0 Å². The number of nitrogens with two attached hydrogens (primary N) is 1. The predicted molar refractivity (Wildman–Crippen MR) is 67.6 cm³/mol. The molecular formula is C12H13ClN4. The number of hydrogen-bond acceptors (Lipinski definition) is 3. The van der Waals surface area contributed by atoms with Crippen molar-refractivity contribution in [1.29, 1.82) is 0 Å². The van der Waals surface area contributed by atoms with Crippen molar-refractivity contribution in [2.75, 3.05) is 5.73 Å².